The van der Waals surface area contributed by atoms with Gasteiger partial charge in [-0.05, 0) is 49.6 Å². The van der Waals surface area contributed by atoms with E-state index in [-0.39, 0.29) is 29.9 Å². The maximum Gasteiger partial charge on any atom is 0.240 e. The van der Waals surface area contributed by atoms with Crippen molar-refractivity contribution in [3.05, 3.63) is 60.2 Å². The number of sulfonamides is 1. The second-order valence-corrected chi connectivity index (χ2v) is 9.18. The fourth-order valence-electron chi connectivity index (χ4n) is 3.51. The first-order valence-electron chi connectivity index (χ1n) is 10.6. The lowest BCUT2D eigenvalue weighted by atomic mass is 10.1. The fourth-order valence-corrected chi connectivity index (χ4v) is 4.54. The van der Waals surface area contributed by atoms with E-state index in [4.69, 9.17) is 9.47 Å². The lowest BCUT2D eigenvalue weighted by molar-refractivity contribution is -0.138. The molecule has 0 aromatic heterocycles. The molecule has 1 fully saturated rings. The van der Waals surface area contributed by atoms with Gasteiger partial charge in [0, 0.05) is 26.1 Å². The van der Waals surface area contributed by atoms with Gasteiger partial charge in [0.25, 0.3) is 0 Å². The number of hydrogen-bond acceptors (Lipinski definition) is 5. The molecule has 0 spiro atoms. The number of carbonyl (C=O) groups excluding carboxylic acids is 1. The van der Waals surface area contributed by atoms with Gasteiger partial charge in [0.05, 0.1) is 24.2 Å². The van der Waals surface area contributed by atoms with Gasteiger partial charge >= 0.3 is 0 Å². The summed E-state index contributed by atoms with van der Waals surface area (Å²) in [5, 5.41) is 0. The Labute approximate surface area is 184 Å². The second-order valence-electron chi connectivity index (χ2n) is 7.41. The smallest absolute Gasteiger partial charge is 0.240 e. The van der Waals surface area contributed by atoms with Crippen LogP contribution in [-0.2, 0) is 26.0 Å². The summed E-state index contributed by atoms with van der Waals surface area (Å²) < 4.78 is 38.5. The molecule has 1 heterocycles. The van der Waals surface area contributed by atoms with Crippen LogP contribution in [0.2, 0.25) is 0 Å². The zero-order chi connectivity index (χ0) is 22.1. The molecular weight excluding hydrogens is 416 g/mol. The molecule has 31 heavy (non-hydrogen) atoms. The van der Waals surface area contributed by atoms with E-state index in [0.29, 0.717) is 32.1 Å². The Morgan fingerprint density at radius 1 is 1.16 bits per heavy atom. The van der Waals surface area contributed by atoms with Crippen LogP contribution in [0.4, 0.5) is 0 Å². The molecular formula is C23H30N2O5S. The predicted molar refractivity (Wildman–Crippen MR) is 118 cm³/mol. The van der Waals surface area contributed by atoms with Crippen LogP contribution in [0.5, 0.6) is 5.75 Å². The first-order chi connectivity index (χ1) is 15.0. The van der Waals surface area contributed by atoms with Crippen molar-refractivity contribution in [1.82, 2.24) is 9.62 Å². The number of benzene rings is 2. The van der Waals surface area contributed by atoms with Gasteiger partial charge in [0.15, 0.2) is 0 Å². The summed E-state index contributed by atoms with van der Waals surface area (Å²) >= 11 is 0. The molecule has 3 rings (SSSR count). The van der Waals surface area contributed by atoms with E-state index in [9.17, 15) is 13.2 Å². The highest BCUT2D eigenvalue weighted by Crippen LogP contribution is 2.16. The third-order valence-electron chi connectivity index (χ3n) is 5.17. The van der Waals surface area contributed by atoms with E-state index >= 15 is 0 Å². The fraction of sp³-hybridized carbons (Fsp3) is 0.435. The summed E-state index contributed by atoms with van der Waals surface area (Å²) in [6.45, 7) is 4.01. The number of rotatable bonds is 10. The molecule has 0 radical (unpaired) electrons. The zero-order valence-electron chi connectivity index (χ0n) is 17.8. The van der Waals surface area contributed by atoms with Crippen LogP contribution in [0.1, 0.15) is 25.3 Å². The van der Waals surface area contributed by atoms with Crippen LogP contribution < -0.4 is 9.46 Å². The first kappa shape index (κ1) is 23.2. The van der Waals surface area contributed by atoms with Crippen molar-refractivity contribution in [3.63, 3.8) is 0 Å². The van der Waals surface area contributed by atoms with Crippen molar-refractivity contribution < 1.29 is 22.7 Å². The molecule has 1 aliphatic rings. The van der Waals surface area contributed by atoms with Gasteiger partial charge in [-0.1, -0.05) is 30.3 Å². The molecule has 1 N–H and O–H groups in total. The van der Waals surface area contributed by atoms with Gasteiger partial charge in [-0.15, -0.1) is 0 Å². The van der Waals surface area contributed by atoms with Gasteiger partial charge in [-0.2, -0.15) is 0 Å². The Kier molecular flexibility index (Phi) is 8.45. The normalized spacial score (nSPS) is 16.8. The molecule has 0 aliphatic carbocycles. The first-order valence-corrected chi connectivity index (χ1v) is 12.1. The topological polar surface area (TPSA) is 84.9 Å². The van der Waals surface area contributed by atoms with Crippen LogP contribution >= 0.6 is 0 Å². The third-order valence-corrected chi connectivity index (χ3v) is 6.64. The van der Waals surface area contributed by atoms with Gasteiger partial charge in [-0.3, -0.25) is 4.79 Å². The molecule has 0 saturated carbocycles. The van der Waals surface area contributed by atoms with Crippen molar-refractivity contribution in [2.75, 3.05) is 32.8 Å². The van der Waals surface area contributed by atoms with Gasteiger partial charge < -0.3 is 14.4 Å². The number of aryl methyl sites for hydroxylation is 1. The minimum absolute atomic E-state index is 0.00143. The Morgan fingerprint density at radius 2 is 1.90 bits per heavy atom. The highest BCUT2D eigenvalue weighted by atomic mass is 32.2. The molecule has 0 bridgehead atoms. The Morgan fingerprint density at radius 3 is 2.61 bits per heavy atom. The number of carbonyl (C=O) groups is 1. The van der Waals surface area contributed by atoms with E-state index in [1.807, 2.05) is 25.1 Å². The largest absolute Gasteiger partial charge is 0.494 e. The molecule has 0 unspecified atom stereocenters. The van der Waals surface area contributed by atoms with E-state index in [2.05, 4.69) is 16.9 Å². The average Bonchev–Trinajstić information content (AvgIpc) is 2.79. The van der Waals surface area contributed by atoms with E-state index in [0.717, 1.165) is 12.8 Å². The van der Waals surface area contributed by atoms with Crippen molar-refractivity contribution in [1.29, 1.82) is 0 Å². The number of nitrogens with zero attached hydrogens (tertiary/aromatic N) is 1. The van der Waals surface area contributed by atoms with Crippen LogP contribution in [0, 0.1) is 0 Å². The van der Waals surface area contributed by atoms with Crippen molar-refractivity contribution >= 4 is 15.9 Å². The summed E-state index contributed by atoms with van der Waals surface area (Å²) in [6, 6.07) is 16.4. The molecule has 7 nitrogen and oxygen atoms in total. The standard InChI is InChI=1S/C23H30N2O5S/c1-2-29-20-10-12-22(13-11-20)31(27,28)24-15-14-23(26)25-16-17-30-21(18-25)9-8-19-6-4-3-5-7-19/h3-7,10-13,21,24H,2,8-9,14-18H2,1H3/t21-/m0/s1. The van der Waals surface area contributed by atoms with Crippen LogP contribution in [0.25, 0.3) is 0 Å². The summed E-state index contributed by atoms with van der Waals surface area (Å²) in [5.41, 5.74) is 1.25. The lowest BCUT2D eigenvalue weighted by Gasteiger charge is -2.33. The van der Waals surface area contributed by atoms with Crippen LogP contribution in [-0.4, -0.2) is 58.2 Å². The highest BCUT2D eigenvalue weighted by Gasteiger charge is 2.24. The number of nitrogens with one attached hydrogen (secondary N) is 1. The van der Waals surface area contributed by atoms with Crippen LogP contribution in [0.3, 0.4) is 0 Å². The Bertz CT molecular complexity index is 932. The predicted octanol–water partition coefficient (Wildman–Crippen LogP) is 2.61. The van der Waals surface area contributed by atoms with Crippen molar-refractivity contribution in [2.45, 2.75) is 37.2 Å². The van der Waals surface area contributed by atoms with Crippen molar-refractivity contribution in [2.24, 2.45) is 0 Å². The Balaban J connectivity index is 1.44. The van der Waals surface area contributed by atoms with E-state index in [1.165, 1.54) is 17.7 Å². The highest BCUT2D eigenvalue weighted by molar-refractivity contribution is 7.89. The van der Waals surface area contributed by atoms with Gasteiger partial charge in [-0.25, -0.2) is 13.1 Å². The number of hydrogen-bond donors (Lipinski definition) is 1. The van der Waals surface area contributed by atoms with E-state index in [1.54, 1.807) is 17.0 Å². The molecule has 8 heteroatoms. The third kappa shape index (κ3) is 7.05. The monoisotopic (exact) mass is 446 g/mol. The van der Waals surface area contributed by atoms with Crippen molar-refractivity contribution in [3.8, 4) is 5.75 Å². The molecule has 168 valence electrons. The molecule has 2 aromatic rings. The Hall–Kier alpha value is -2.42. The van der Waals surface area contributed by atoms with E-state index < -0.39 is 10.0 Å². The quantitative estimate of drug-likeness (QED) is 0.606. The zero-order valence-corrected chi connectivity index (χ0v) is 18.6. The average molecular weight is 447 g/mol. The molecule has 1 saturated heterocycles. The summed E-state index contributed by atoms with van der Waals surface area (Å²) in [7, 11) is -3.67. The maximum atomic E-state index is 12.6. The number of morpholine rings is 1. The molecule has 1 atom stereocenters. The summed E-state index contributed by atoms with van der Waals surface area (Å²) in [6.07, 6.45) is 1.85. The molecule has 1 aliphatic heterocycles. The van der Waals surface area contributed by atoms with Gasteiger partial charge in [0.1, 0.15) is 5.75 Å². The molecule has 2 aromatic carbocycles. The maximum absolute atomic E-state index is 12.6. The second kappa shape index (κ2) is 11.3. The minimum atomic E-state index is -3.67. The SMILES string of the molecule is CCOc1ccc(S(=O)(=O)NCCC(=O)N2CCO[C@@H](CCc3ccccc3)C2)cc1. The summed E-state index contributed by atoms with van der Waals surface area (Å²) in [5.74, 6) is 0.549. The lowest BCUT2D eigenvalue weighted by Crippen LogP contribution is -2.46. The number of amides is 1. The molecule has 1 amide bonds. The number of ether oxygens (including phenoxy) is 2. The van der Waals surface area contributed by atoms with Crippen LogP contribution in [0.15, 0.2) is 59.5 Å². The van der Waals surface area contributed by atoms with Gasteiger partial charge in [0.2, 0.25) is 15.9 Å². The minimum Gasteiger partial charge on any atom is -0.494 e. The summed E-state index contributed by atoms with van der Waals surface area (Å²) in [4.78, 5) is 14.5.